The van der Waals surface area contributed by atoms with Crippen molar-refractivity contribution in [2.45, 2.75) is 213 Å². The molecule has 0 radical (unpaired) electrons. The Morgan fingerprint density at radius 3 is 1.03 bits per heavy atom. The molecule has 0 fully saturated rings. The summed E-state index contributed by atoms with van der Waals surface area (Å²) in [4.78, 5) is 5.23. The maximum Gasteiger partial charge on any atom is 0.101 e. The van der Waals surface area contributed by atoms with Crippen LogP contribution in [0.15, 0.2) is 12.4 Å². The monoisotopic (exact) mass is 547 g/mol. The summed E-state index contributed by atoms with van der Waals surface area (Å²) < 4.78 is 0. The van der Waals surface area contributed by atoms with Gasteiger partial charge >= 0.3 is 0 Å². The number of unbranched alkanes of at least 4 members (excludes halogenated alkanes) is 26. The Bertz CT molecular complexity index is 502. The van der Waals surface area contributed by atoms with E-state index < -0.39 is 0 Å². The molecule has 1 atom stereocenters. The zero-order valence-corrected chi connectivity index (χ0v) is 27.5. The van der Waals surface area contributed by atoms with E-state index in [9.17, 15) is 0 Å². The maximum atomic E-state index is 2.66. The summed E-state index contributed by atoms with van der Waals surface area (Å²) in [7, 11) is 0. The standard InChI is InChI=1S/C37H74N2/c1-4-7-9-11-13-15-17-18-19-20-21-22-23-25-27-29-31-33-37-38(6-3)35-36-39(37)34-32-30-28-26-24-16-14-12-10-8-5-2/h35-37H,4-34H2,1-3H3. The summed E-state index contributed by atoms with van der Waals surface area (Å²) in [5.74, 6) is 0. The van der Waals surface area contributed by atoms with Gasteiger partial charge in [-0.15, -0.1) is 0 Å². The molecule has 0 aromatic carbocycles. The lowest BCUT2D eigenvalue weighted by atomic mass is 10.0. The molecule has 0 aliphatic carbocycles. The van der Waals surface area contributed by atoms with Crippen LogP contribution >= 0.6 is 0 Å². The van der Waals surface area contributed by atoms with Gasteiger partial charge in [0.2, 0.25) is 0 Å². The van der Waals surface area contributed by atoms with Crippen molar-refractivity contribution >= 4 is 0 Å². The molecule has 1 aliphatic heterocycles. The molecule has 1 heterocycles. The highest BCUT2D eigenvalue weighted by Gasteiger charge is 2.23. The minimum Gasteiger partial charge on any atom is -0.356 e. The third-order valence-corrected chi connectivity index (χ3v) is 9.17. The van der Waals surface area contributed by atoms with Gasteiger partial charge in [0.1, 0.15) is 6.17 Å². The van der Waals surface area contributed by atoms with Gasteiger partial charge in [-0.25, -0.2) is 0 Å². The molecule has 0 bridgehead atoms. The van der Waals surface area contributed by atoms with Gasteiger partial charge in [0, 0.05) is 25.5 Å². The van der Waals surface area contributed by atoms with Crippen molar-refractivity contribution in [1.29, 1.82) is 0 Å². The second-order valence-electron chi connectivity index (χ2n) is 12.8. The first-order chi connectivity index (χ1) is 19.3. The van der Waals surface area contributed by atoms with Crippen LogP contribution in [-0.2, 0) is 0 Å². The van der Waals surface area contributed by atoms with E-state index >= 15 is 0 Å². The minimum absolute atomic E-state index is 0.634. The Labute approximate surface area is 248 Å². The molecule has 0 saturated heterocycles. The van der Waals surface area contributed by atoms with Crippen molar-refractivity contribution in [3.05, 3.63) is 12.4 Å². The van der Waals surface area contributed by atoms with E-state index in [4.69, 9.17) is 0 Å². The van der Waals surface area contributed by atoms with Crippen molar-refractivity contribution in [2.75, 3.05) is 13.1 Å². The Balaban J connectivity index is 1.92. The molecular weight excluding hydrogens is 472 g/mol. The predicted molar refractivity (Wildman–Crippen MR) is 177 cm³/mol. The normalized spacial score (nSPS) is 15.2. The van der Waals surface area contributed by atoms with E-state index in [-0.39, 0.29) is 0 Å². The summed E-state index contributed by atoms with van der Waals surface area (Å²) in [5.41, 5.74) is 0. The molecular formula is C37H74N2. The SMILES string of the molecule is CCCCCCCCCCCCCCCCCCCC1N(CC)C=CN1CCCCCCCCCCCCC. The Morgan fingerprint density at radius 2 is 0.667 bits per heavy atom. The first-order valence-electron chi connectivity index (χ1n) is 18.5. The van der Waals surface area contributed by atoms with Crippen LogP contribution in [0.2, 0.25) is 0 Å². The quantitative estimate of drug-likeness (QED) is 0.0798. The topological polar surface area (TPSA) is 6.48 Å². The largest absolute Gasteiger partial charge is 0.356 e. The summed E-state index contributed by atoms with van der Waals surface area (Å²) in [6, 6.07) is 0. The van der Waals surface area contributed by atoms with E-state index in [0.29, 0.717) is 6.17 Å². The van der Waals surface area contributed by atoms with Gasteiger partial charge in [0.05, 0.1) is 0 Å². The molecule has 1 rings (SSSR count). The third kappa shape index (κ3) is 21.7. The first kappa shape index (κ1) is 36.4. The van der Waals surface area contributed by atoms with Crippen LogP contribution in [-0.4, -0.2) is 29.1 Å². The Hall–Kier alpha value is -0.660. The van der Waals surface area contributed by atoms with Gasteiger partial charge in [-0.3, -0.25) is 0 Å². The van der Waals surface area contributed by atoms with E-state index in [1.165, 1.54) is 193 Å². The molecule has 1 aliphatic rings. The maximum absolute atomic E-state index is 2.66. The highest BCUT2D eigenvalue weighted by Crippen LogP contribution is 2.23. The highest BCUT2D eigenvalue weighted by molar-refractivity contribution is 4.96. The molecule has 0 aromatic heterocycles. The van der Waals surface area contributed by atoms with E-state index in [1.807, 2.05) is 0 Å². The molecule has 0 amide bonds. The second-order valence-corrected chi connectivity index (χ2v) is 12.8. The molecule has 232 valence electrons. The van der Waals surface area contributed by atoms with Crippen LogP contribution < -0.4 is 0 Å². The lowest BCUT2D eigenvalue weighted by Gasteiger charge is -2.32. The van der Waals surface area contributed by atoms with Crippen molar-refractivity contribution in [3.63, 3.8) is 0 Å². The van der Waals surface area contributed by atoms with Crippen LogP contribution in [0.1, 0.15) is 207 Å². The molecule has 39 heavy (non-hydrogen) atoms. The van der Waals surface area contributed by atoms with Crippen molar-refractivity contribution in [2.24, 2.45) is 0 Å². The fraction of sp³-hybridized carbons (Fsp3) is 0.946. The average Bonchev–Trinajstić information content (AvgIpc) is 3.34. The van der Waals surface area contributed by atoms with E-state index in [2.05, 4.69) is 43.0 Å². The first-order valence-corrected chi connectivity index (χ1v) is 18.5. The molecule has 0 saturated carbocycles. The van der Waals surface area contributed by atoms with Crippen LogP contribution in [0, 0.1) is 0 Å². The highest BCUT2D eigenvalue weighted by atomic mass is 15.4. The Morgan fingerprint density at radius 1 is 0.359 bits per heavy atom. The minimum atomic E-state index is 0.634. The van der Waals surface area contributed by atoms with Crippen molar-refractivity contribution in [1.82, 2.24) is 9.80 Å². The average molecular weight is 547 g/mol. The molecule has 2 nitrogen and oxygen atoms in total. The van der Waals surface area contributed by atoms with Gasteiger partial charge in [-0.1, -0.05) is 181 Å². The van der Waals surface area contributed by atoms with Gasteiger partial charge in [0.15, 0.2) is 0 Å². The Kier molecular flexibility index (Phi) is 26.9. The summed E-state index contributed by atoms with van der Waals surface area (Å²) in [6.07, 6.45) is 47.3. The van der Waals surface area contributed by atoms with Crippen molar-refractivity contribution in [3.8, 4) is 0 Å². The van der Waals surface area contributed by atoms with Crippen molar-refractivity contribution < 1.29 is 0 Å². The zero-order valence-electron chi connectivity index (χ0n) is 27.5. The van der Waals surface area contributed by atoms with Crippen LogP contribution in [0.4, 0.5) is 0 Å². The predicted octanol–water partition coefficient (Wildman–Crippen LogP) is 12.8. The molecule has 2 heteroatoms. The fourth-order valence-electron chi connectivity index (χ4n) is 6.44. The zero-order chi connectivity index (χ0) is 28.1. The van der Waals surface area contributed by atoms with Crippen LogP contribution in [0.5, 0.6) is 0 Å². The molecule has 0 spiro atoms. The number of rotatable bonds is 31. The third-order valence-electron chi connectivity index (χ3n) is 9.17. The molecule has 0 aromatic rings. The summed E-state index contributed by atoms with van der Waals surface area (Å²) in [6.45, 7) is 9.34. The molecule has 0 N–H and O–H groups in total. The second kappa shape index (κ2) is 28.9. The summed E-state index contributed by atoms with van der Waals surface area (Å²) in [5, 5.41) is 0. The van der Waals surface area contributed by atoms with E-state index in [0.717, 1.165) is 6.54 Å². The van der Waals surface area contributed by atoms with Crippen LogP contribution in [0.25, 0.3) is 0 Å². The van der Waals surface area contributed by atoms with Crippen LogP contribution in [0.3, 0.4) is 0 Å². The number of hydrogen-bond donors (Lipinski definition) is 0. The lowest BCUT2D eigenvalue weighted by molar-refractivity contribution is 0.142. The van der Waals surface area contributed by atoms with Gasteiger partial charge in [0.25, 0.3) is 0 Å². The number of nitrogens with zero attached hydrogens (tertiary/aromatic N) is 2. The fourth-order valence-corrected chi connectivity index (χ4v) is 6.44. The smallest absolute Gasteiger partial charge is 0.101 e. The lowest BCUT2D eigenvalue weighted by Crippen LogP contribution is -2.38. The molecule has 1 unspecified atom stereocenters. The summed E-state index contributed by atoms with van der Waals surface area (Å²) >= 11 is 0. The van der Waals surface area contributed by atoms with Gasteiger partial charge < -0.3 is 9.80 Å². The van der Waals surface area contributed by atoms with Gasteiger partial charge in [-0.05, 0) is 26.2 Å². The number of hydrogen-bond acceptors (Lipinski definition) is 2. The van der Waals surface area contributed by atoms with E-state index in [1.54, 1.807) is 0 Å². The van der Waals surface area contributed by atoms with Gasteiger partial charge in [-0.2, -0.15) is 0 Å².